The van der Waals surface area contributed by atoms with Gasteiger partial charge in [-0.15, -0.1) is 0 Å². The van der Waals surface area contributed by atoms with Gasteiger partial charge in [-0.05, 0) is 38.3 Å². The van der Waals surface area contributed by atoms with Crippen LogP contribution in [0.15, 0.2) is 0 Å². The second-order valence-electron chi connectivity index (χ2n) is 5.64. The summed E-state index contributed by atoms with van der Waals surface area (Å²) < 4.78 is 0. The minimum Gasteiger partial charge on any atom is -0.312 e. The third-order valence-corrected chi connectivity index (χ3v) is 4.25. The summed E-state index contributed by atoms with van der Waals surface area (Å²) in [6.45, 7) is 7.57. The normalized spacial score (nSPS) is 30.6. The van der Waals surface area contributed by atoms with Crippen molar-refractivity contribution in [3.63, 3.8) is 0 Å². The number of unbranched alkanes of at least 4 members (excludes halogenated alkanes) is 4. The van der Waals surface area contributed by atoms with Crippen LogP contribution in [-0.4, -0.2) is 37.1 Å². The quantitative estimate of drug-likeness (QED) is 0.698. The van der Waals surface area contributed by atoms with Crippen LogP contribution in [0.4, 0.5) is 0 Å². The second kappa shape index (κ2) is 6.61. The van der Waals surface area contributed by atoms with Gasteiger partial charge in [0.15, 0.2) is 0 Å². The van der Waals surface area contributed by atoms with Gasteiger partial charge < -0.3 is 10.2 Å². The topological polar surface area (TPSA) is 15.3 Å². The molecule has 2 unspecified atom stereocenters. The maximum Gasteiger partial charge on any atom is 0.0235 e. The molecule has 2 heterocycles. The molecule has 0 bridgehead atoms. The van der Waals surface area contributed by atoms with Crippen LogP contribution in [0.3, 0.4) is 0 Å². The molecule has 2 aliphatic rings. The first-order valence-electron chi connectivity index (χ1n) is 7.36. The summed E-state index contributed by atoms with van der Waals surface area (Å²) in [5.41, 5.74) is 0. The number of fused-ring (bicyclic) bond motifs is 1. The molecule has 0 aromatic carbocycles. The minimum absolute atomic E-state index is 0.824. The fourth-order valence-corrected chi connectivity index (χ4v) is 3.26. The van der Waals surface area contributed by atoms with E-state index in [0.29, 0.717) is 0 Å². The highest BCUT2D eigenvalue weighted by atomic mass is 15.2. The van der Waals surface area contributed by atoms with E-state index in [1.54, 1.807) is 0 Å². The number of rotatable bonds is 6. The number of hydrogen-bond donors (Lipinski definition) is 1. The molecule has 2 saturated heterocycles. The SMILES string of the molecule is CCCCCCCN1CC2CCCNC2C1. The van der Waals surface area contributed by atoms with E-state index in [0.717, 1.165) is 12.0 Å². The van der Waals surface area contributed by atoms with Gasteiger partial charge >= 0.3 is 0 Å². The van der Waals surface area contributed by atoms with Crippen molar-refractivity contribution >= 4 is 0 Å². The summed E-state index contributed by atoms with van der Waals surface area (Å²) >= 11 is 0. The molecule has 2 rings (SSSR count). The third-order valence-electron chi connectivity index (χ3n) is 4.25. The first kappa shape index (κ1) is 12.4. The molecule has 0 aliphatic carbocycles. The van der Waals surface area contributed by atoms with Crippen molar-refractivity contribution in [2.24, 2.45) is 5.92 Å². The number of nitrogens with one attached hydrogen (secondary N) is 1. The first-order valence-corrected chi connectivity index (χ1v) is 7.36. The molecule has 0 radical (unpaired) electrons. The number of likely N-dealkylation sites (tertiary alicyclic amines) is 1. The van der Waals surface area contributed by atoms with Crippen molar-refractivity contribution in [1.82, 2.24) is 10.2 Å². The Morgan fingerprint density at radius 2 is 2.00 bits per heavy atom. The molecule has 16 heavy (non-hydrogen) atoms. The lowest BCUT2D eigenvalue weighted by atomic mass is 9.94. The van der Waals surface area contributed by atoms with E-state index in [-0.39, 0.29) is 0 Å². The van der Waals surface area contributed by atoms with E-state index in [4.69, 9.17) is 0 Å². The number of hydrogen-bond acceptors (Lipinski definition) is 2. The lowest BCUT2D eigenvalue weighted by molar-refractivity contribution is 0.311. The smallest absolute Gasteiger partial charge is 0.0235 e. The minimum atomic E-state index is 0.824. The fourth-order valence-electron chi connectivity index (χ4n) is 3.26. The van der Waals surface area contributed by atoms with Crippen LogP contribution in [0.25, 0.3) is 0 Å². The summed E-state index contributed by atoms with van der Waals surface area (Å²) in [6.07, 6.45) is 9.93. The lowest BCUT2D eigenvalue weighted by Crippen LogP contribution is -2.40. The van der Waals surface area contributed by atoms with Crippen molar-refractivity contribution in [2.45, 2.75) is 57.9 Å². The molecule has 2 heteroatoms. The molecule has 94 valence electrons. The predicted octanol–water partition coefficient (Wildman–Crippen LogP) is 2.64. The largest absolute Gasteiger partial charge is 0.312 e. The standard InChI is InChI=1S/C14H28N2/c1-2-3-4-5-6-10-16-11-13-8-7-9-15-14(13)12-16/h13-15H,2-12H2,1H3. The highest BCUT2D eigenvalue weighted by molar-refractivity contribution is 4.91. The van der Waals surface area contributed by atoms with Gasteiger partial charge in [0.1, 0.15) is 0 Å². The van der Waals surface area contributed by atoms with Crippen molar-refractivity contribution < 1.29 is 0 Å². The van der Waals surface area contributed by atoms with E-state index >= 15 is 0 Å². The Kier molecular flexibility index (Phi) is 5.11. The fraction of sp³-hybridized carbons (Fsp3) is 1.00. The molecule has 0 amide bonds. The number of nitrogens with zero attached hydrogens (tertiary/aromatic N) is 1. The lowest BCUT2D eigenvalue weighted by Gasteiger charge is -2.24. The Labute approximate surface area is 101 Å². The summed E-state index contributed by atoms with van der Waals surface area (Å²) in [5.74, 6) is 0.962. The van der Waals surface area contributed by atoms with Gasteiger partial charge in [-0.3, -0.25) is 0 Å². The Morgan fingerprint density at radius 3 is 2.81 bits per heavy atom. The summed E-state index contributed by atoms with van der Waals surface area (Å²) in [5, 5.41) is 3.68. The summed E-state index contributed by atoms with van der Waals surface area (Å²) in [7, 11) is 0. The van der Waals surface area contributed by atoms with Crippen LogP contribution in [0, 0.1) is 5.92 Å². The summed E-state index contributed by atoms with van der Waals surface area (Å²) in [4.78, 5) is 2.69. The van der Waals surface area contributed by atoms with Crippen LogP contribution >= 0.6 is 0 Å². The zero-order valence-corrected chi connectivity index (χ0v) is 10.9. The Bertz CT molecular complexity index is 179. The summed E-state index contributed by atoms with van der Waals surface area (Å²) in [6, 6.07) is 0.824. The predicted molar refractivity (Wildman–Crippen MR) is 69.7 cm³/mol. The maximum atomic E-state index is 3.68. The van der Waals surface area contributed by atoms with Gasteiger partial charge in [-0.1, -0.05) is 32.6 Å². The Hall–Kier alpha value is -0.0800. The van der Waals surface area contributed by atoms with Crippen LogP contribution in [0.2, 0.25) is 0 Å². The van der Waals surface area contributed by atoms with E-state index in [9.17, 15) is 0 Å². The van der Waals surface area contributed by atoms with Crippen LogP contribution < -0.4 is 5.32 Å². The van der Waals surface area contributed by atoms with E-state index < -0.39 is 0 Å². The van der Waals surface area contributed by atoms with Gasteiger partial charge in [-0.2, -0.15) is 0 Å². The first-order chi connectivity index (χ1) is 7.90. The zero-order valence-electron chi connectivity index (χ0n) is 10.9. The zero-order chi connectivity index (χ0) is 11.2. The highest BCUT2D eigenvalue weighted by Crippen LogP contribution is 2.24. The van der Waals surface area contributed by atoms with Crippen molar-refractivity contribution in [1.29, 1.82) is 0 Å². The molecule has 0 saturated carbocycles. The molecule has 2 nitrogen and oxygen atoms in total. The number of piperidine rings is 1. The molecule has 2 fully saturated rings. The van der Waals surface area contributed by atoms with Gasteiger partial charge in [0.05, 0.1) is 0 Å². The van der Waals surface area contributed by atoms with Gasteiger partial charge in [0.2, 0.25) is 0 Å². The molecule has 2 atom stereocenters. The molecule has 0 spiro atoms. The Balaban J connectivity index is 1.57. The molecule has 0 aromatic rings. The van der Waals surface area contributed by atoms with Crippen LogP contribution in [0.5, 0.6) is 0 Å². The van der Waals surface area contributed by atoms with Crippen molar-refractivity contribution in [2.75, 3.05) is 26.2 Å². The monoisotopic (exact) mass is 224 g/mol. The van der Waals surface area contributed by atoms with Crippen molar-refractivity contribution in [3.05, 3.63) is 0 Å². The van der Waals surface area contributed by atoms with Gasteiger partial charge in [-0.25, -0.2) is 0 Å². The molecular weight excluding hydrogens is 196 g/mol. The van der Waals surface area contributed by atoms with Gasteiger partial charge in [0.25, 0.3) is 0 Å². The molecule has 1 N–H and O–H groups in total. The Morgan fingerprint density at radius 1 is 1.12 bits per heavy atom. The maximum absolute atomic E-state index is 3.68. The second-order valence-corrected chi connectivity index (χ2v) is 5.64. The van der Waals surface area contributed by atoms with Crippen molar-refractivity contribution in [3.8, 4) is 0 Å². The van der Waals surface area contributed by atoms with E-state index in [1.807, 2.05) is 0 Å². The average Bonchev–Trinajstić information content (AvgIpc) is 2.71. The van der Waals surface area contributed by atoms with Crippen LogP contribution in [0.1, 0.15) is 51.9 Å². The van der Waals surface area contributed by atoms with Crippen LogP contribution in [-0.2, 0) is 0 Å². The molecular formula is C14H28N2. The van der Waals surface area contributed by atoms with E-state index in [2.05, 4.69) is 17.1 Å². The third kappa shape index (κ3) is 3.46. The van der Waals surface area contributed by atoms with Gasteiger partial charge in [0, 0.05) is 19.1 Å². The van der Waals surface area contributed by atoms with E-state index in [1.165, 1.54) is 71.1 Å². The molecule has 0 aromatic heterocycles. The average molecular weight is 224 g/mol. The molecule has 2 aliphatic heterocycles. The highest BCUT2D eigenvalue weighted by Gasteiger charge is 2.33.